The van der Waals surface area contributed by atoms with Gasteiger partial charge in [-0.05, 0) is 23.3 Å². The Morgan fingerprint density at radius 3 is 1.53 bits per heavy atom. The summed E-state index contributed by atoms with van der Waals surface area (Å²) in [5, 5.41) is 12.2. The molecule has 0 aliphatic carbocycles. The lowest BCUT2D eigenvalue weighted by Gasteiger charge is -1.93. The maximum absolute atomic E-state index is 8.97. The zero-order chi connectivity index (χ0) is 13.3. The zero-order valence-corrected chi connectivity index (χ0v) is 10.5. The number of rotatable bonds is 4. The van der Waals surface area contributed by atoms with Gasteiger partial charge in [-0.15, -0.1) is 0 Å². The van der Waals surface area contributed by atoms with Crippen LogP contribution in [0, 0.1) is 0 Å². The molecule has 0 bridgehead atoms. The molecule has 2 heteroatoms. The highest BCUT2D eigenvalue weighted by atomic mass is 16.4. The number of allylic oxidation sites excluding steroid dienone is 2. The zero-order valence-electron chi connectivity index (χ0n) is 10.5. The quantitative estimate of drug-likeness (QED) is 0.490. The fourth-order valence-corrected chi connectivity index (χ4v) is 1.61. The number of benzene rings is 2. The van der Waals surface area contributed by atoms with Crippen LogP contribution in [0.4, 0.5) is 0 Å². The second-order valence-electron chi connectivity index (χ2n) is 4.01. The molecule has 0 unspecified atom stereocenters. The van der Waals surface area contributed by atoms with E-state index in [4.69, 9.17) is 5.21 Å². The molecular weight excluding hydrogens is 234 g/mol. The van der Waals surface area contributed by atoms with E-state index in [2.05, 4.69) is 5.16 Å². The van der Waals surface area contributed by atoms with Crippen LogP contribution in [0.1, 0.15) is 11.1 Å². The fraction of sp³-hybridized carbons (Fsp3) is 0. The minimum Gasteiger partial charge on any atom is -0.410 e. The van der Waals surface area contributed by atoms with Crippen molar-refractivity contribution < 1.29 is 5.21 Å². The predicted molar refractivity (Wildman–Crippen MR) is 80.2 cm³/mol. The molecule has 2 aromatic carbocycles. The molecule has 2 aromatic rings. The van der Waals surface area contributed by atoms with Crippen molar-refractivity contribution in [1.29, 1.82) is 0 Å². The van der Waals surface area contributed by atoms with Gasteiger partial charge in [-0.3, -0.25) is 0 Å². The third-order valence-corrected chi connectivity index (χ3v) is 2.61. The van der Waals surface area contributed by atoms with Gasteiger partial charge in [0.15, 0.2) is 0 Å². The van der Waals surface area contributed by atoms with Crippen molar-refractivity contribution in [2.24, 2.45) is 5.16 Å². The Bertz CT molecular complexity index is 532. The normalized spacial score (nSPS) is 10.9. The number of nitrogens with zero attached hydrogens (tertiary/aromatic N) is 1. The summed E-state index contributed by atoms with van der Waals surface area (Å²) in [6.45, 7) is 0. The average Bonchev–Trinajstić information content (AvgIpc) is 2.49. The smallest absolute Gasteiger partial charge is 0.102 e. The molecule has 0 aromatic heterocycles. The summed E-state index contributed by atoms with van der Waals surface area (Å²) in [7, 11) is 0. The van der Waals surface area contributed by atoms with Crippen LogP contribution in [0.2, 0.25) is 0 Å². The van der Waals surface area contributed by atoms with E-state index in [1.165, 1.54) is 0 Å². The Morgan fingerprint density at radius 1 is 0.737 bits per heavy atom. The first kappa shape index (κ1) is 12.8. The van der Waals surface area contributed by atoms with E-state index in [9.17, 15) is 0 Å². The van der Waals surface area contributed by atoms with E-state index < -0.39 is 0 Å². The van der Waals surface area contributed by atoms with Crippen molar-refractivity contribution in [1.82, 2.24) is 0 Å². The van der Waals surface area contributed by atoms with Crippen LogP contribution >= 0.6 is 0 Å². The van der Waals surface area contributed by atoms with E-state index in [0.717, 1.165) is 11.1 Å². The Morgan fingerprint density at radius 2 is 1.16 bits per heavy atom. The molecule has 1 N–H and O–H groups in total. The highest BCUT2D eigenvalue weighted by molar-refractivity contribution is 6.08. The van der Waals surface area contributed by atoms with Gasteiger partial charge in [0.05, 0.1) is 0 Å². The van der Waals surface area contributed by atoms with Crippen LogP contribution in [-0.4, -0.2) is 10.9 Å². The van der Waals surface area contributed by atoms with E-state index in [1.54, 1.807) is 12.2 Å². The topological polar surface area (TPSA) is 32.6 Å². The van der Waals surface area contributed by atoms with Crippen LogP contribution in [0.15, 0.2) is 78.0 Å². The molecule has 0 radical (unpaired) electrons. The van der Waals surface area contributed by atoms with Gasteiger partial charge in [-0.25, -0.2) is 0 Å². The monoisotopic (exact) mass is 249 g/mol. The van der Waals surface area contributed by atoms with E-state index in [1.807, 2.05) is 72.8 Å². The molecule has 0 heterocycles. The van der Waals surface area contributed by atoms with Gasteiger partial charge in [0.2, 0.25) is 0 Å². The third-order valence-electron chi connectivity index (χ3n) is 2.61. The molecule has 0 aliphatic rings. The highest BCUT2D eigenvalue weighted by Gasteiger charge is 1.90. The van der Waals surface area contributed by atoms with Crippen molar-refractivity contribution in [2.75, 3.05) is 0 Å². The minimum atomic E-state index is 0.507. The number of oxime groups is 1. The first-order chi connectivity index (χ1) is 9.38. The van der Waals surface area contributed by atoms with Gasteiger partial charge in [0, 0.05) is 0 Å². The lowest BCUT2D eigenvalue weighted by Crippen LogP contribution is -1.86. The van der Waals surface area contributed by atoms with Crippen LogP contribution in [0.25, 0.3) is 12.2 Å². The Hall–Kier alpha value is -2.61. The molecule has 0 fully saturated rings. The van der Waals surface area contributed by atoms with Crippen molar-refractivity contribution >= 4 is 17.9 Å². The van der Waals surface area contributed by atoms with Crippen LogP contribution in [0.3, 0.4) is 0 Å². The highest BCUT2D eigenvalue weighted by Crippen LogP contribution is 2.04. The van der Waals surface area contributed by atoms with E-state index >= 15 is 0 Å². The van der Waals surface area contributed by atoms with Gasteiger partial charge in [-0.2, -0.15) is 0 Å². The molecule has 0 atom stereocenters. The summed E-state index contributed by atoms with van der Waals surface area (Å²) >= 11 is 0. The van der Waals surface area contributed by atoms with Crippen molar-refractivity contribution in [2.45, 2.75) is 0 Å². The van der Waals surface area contributed by atoms with Crippen molar-refractivity contribution in [3.05, 3.63) is 83.9 Å². The van der Waals surface area contributed by atoms with Gasteiger partial charge < -0.3 is 5.21 Å². The maximum Gasteiger partial charge on any atom is 0.102 e. The average molecular weight is 249 g/mol. The van der Waals surface area contributed by atoms with Crippen LogP contribution in [0.5, 0.6) is 0 Å². The largest absolute Gasteiger partial charge is 0.410 e. The summed E-state index contributed by atoms with van der Waals surface area (Å²) in [6.07, 6.45) is 7.36. The number of hydrogen-bond acceptors (Lipinski definition) is 2. The summed E-state index contributed by atoms with van der Waals surface area (Å²) in [4.78, 5) is 0. The molecule has 2 rings (SSSR count). The Balaban J connectivity index is 2.06. The van der Waals surface area contributed by atoms with Crippen molar-refractivity contribution in [3.8, 4) is 0 Å². The predicted octanol–water partition coefficient (Wildman–Crippen LogP) is 4.24. The lowest BCUT2D eigenvalue weighted by molar-refractivity contribution is 0.320. The van der Waals surface area contributed by atoms with Crippen LogP contribution < -0.4 is 0 Å². The van der Waals surface area contributed by atoms with Gasteiger partial charge >= 0.3 is 0 Å². The second kappa shape index (κ2) is 6.97. The molecule has 19 heavy (non-hydrogen) atoms. The summed E-state index contributed by atoms with van der Waals surface area (Å²) in [6, 6.07) is 19.8. The molecule has 0 aliphatic heterocycles. The fourth-order valence-electron chi connectivity index (χ4n) is 1.61. The minimum absolute atomic E-state index is 0.507. The molecule has 94 valence electrons. The number of hydrogen-bond donors (Lipinski definition) is 1. The molecule has 0 amide bonds. The Labute approximate surface area is 113 Å². The van der Waals surface area contributed by atoms with E-state index in [-0.39, 0.29) is 0 Å². The summed E-state index contributed by atoms with van der Waals surface area (Å²) in [5.74, 6) is 0. The summed E-state index contributed by atoms with van der Waals surface area (Å²) < 4.78 is 0. The first-order valence-corrected chi connectivity index (χ1v) is 6.07. The SMILES string of the molecule is ON=C(C=Cc1ccccc1)C=Cc1ccccc1. The van der Waals surface area contributed by atoms with Gasteiger partial charge in [0.25, 0.3) is 0 Å². The molecule has 0 saturated carbocycles. The first-order valence-electron chi connectivity index (χ1n) is 6.07. The maximum atomic E-state index is 8.97. The van der Waals surface area contributed by atoms with Gasteiger partial charge in [-0.1, -0.05) is 78.0 Å². The summed E-state index contributed by atoms with van der Waals surface area (Å²) in [5.41, 5.74) is 2.64. The van der Waals surface area contributed by atoms with Crippen LogP contribution in [-0.2, 0) is 0 Å². The molecule has 0 spiro atoms. The van der Waals surface area contributed by atoms with E-state index in [0.29, 0.717) is 5.71 Å². The standard InChI is InChI=1S/C17H15NO/c19-18-17(13-11-15-7-3-1-4-8-15)14-12-16-9-5-2-6-10-16/h1-14,19H. The molecular formula is C17H15NO. The molecule has 2 nitrogen and oxygen atoms in total. The lowest BCUT2D eigenvalue weighted by atomic mass is 10.1. The molecule has 0 saturated heterocycles. The van der Waals surface area contributed by atoms with Gasteiger partial charge in [0.1, 0.15) is 5.71 Å². The third kappa shape index (κ3) is 4.28. The Kier molecular flexibility index (Phi) is 4.71. The second-order valence-corrected chi connectivity index (χ2v) is 4.01. The van der Waals surface area contributed by atoms with Crippen molar-refractivity contribution in [3.63, 3.8) is 0 Å².